The van der Waals surface area contributed by atoms with Gasteiger partial charge in [0.15, 0.2) is 0 Å². The van der Waals surface area contributed by atoms with Gasteiger partial charge in [-0.1, -0.05) is 20.8 Å². The lowest BCUT2D eigenvalue weighted by atomic mass is 9.77. The quantitative estimate of drug-likeness (QED) is 0.757. The molecule has 1 aliphatic heterocycles. The Hall–Kier alpha value is -0.0800. The fourth-order valence-electron chi connectivity index (χ4n) is 3.02. The minimum Gasteiger partial charge on any atom is -0.393 e. The van der Waals surface area contributed by atoms with Crippen molar-refractivity contribution in [2.75, 3.05) is 19.6 Å². The van der Waals surface area contributed by atoms with E-state index in [9.17, 15) is 5.11 Å². The van der Waals surface area contributed by atoms with Crippen molar-refractivity contribution < 1.29 is 5.11 Å². The molecule has 0 aliphatic carbocycles. The fourth-order valence-corrected chi connectivity index (χ4v) is 3.02. The van der Waals surface area contributed by atoms with Gasteiger partial charge in [0.2, 0.25) is 0 Å². The second-order valence-corrected chi connectivity index (χ2v) is 7.18. The molecular weight excluding hydrogens is 222 g/mol. The molecule has 0 radical (unpaired) electrons. The molecule has 1 aliphatic rings. The number of unbranched alkanes of at least 4 members (excludes halogenated alkanes) is 1. The van der Waals surface area contributed by atoms with E-state index in [-0.39, 0.29) is 6.10 Å². The molecule has 0 spiro atoms. The van der Waals surface area contributed by atoms with Crippen molar-refractivity contribution in [3.63, 3.8) is 0 Å². The van der Waals surface area contributed by atoms with Gasteiger partial charge in [0, 0.05) is 0 Å². The Kier molecular flexibility index (Phi) is 6.65. The van der Waals surface area contributed by atoms with Crippen LogP contribution in [0.5, 0.6) is 0 Å². The first-order valence-electron chi connectivity index (χ1n) is 7.80. The maximum Gasteiger partial charge on any atom is 0.0512 e. The van der Waals surface area contributed by atoms with Gasteiger partial charge < -0.3 is 10.0 Å². The van der Waals surface area contributed by atoms with Crippen LogP contribution in [0, 0.1) is 11.3 Å². The van der Waals surface area contributed by atoms with Gasteiger partial charge in [-0.15, -0.1) is 0 Å². The van der Waals surface area contributed by atoms with Crippen molar-refractivity contribution in [3.05, 3.63) is 0 Å². The van der Waals surface area contributed by atoms with Crippen molar-refractivity contribution in [1.82, 2.24) is 4.90 Å². The van der Waals surface area contributed by atoms with E-state index < -0.39 is 0 Å². The van der Waals surface area contributed by atoms with Crippen LogP contribution in [-0.2, 0) is 0 Å². The molecule has 0 aromatic carbocycles. The molecule has 1 rings (SSSR count). The number of aliphatic hydroxyl groups excluding tert-OH is 1. The van der Waals surface area contributed by atoms with Crippen LogP contribution in [0.3, 0.4) is 0 Å². The third kappa shape index (κ3) is 6.19. The van der Waals surface area contributed by atoms with Crippen molar-refractivity contribution in [2.24, 2.45) is 11.3 Å². The maximum atomic E-state index is 9.24. The van der Waals surface area contributed by atoms with Crippen LogP contribution in [0.25, 0.3) is 0 Å². The monoisotopic (exact) mass is 255 g/mol. The summed E-state index contributed by atoms with van der Waals surface area (Å²) < 4.78 is 0. The van der Waals surface area contributed by atoms with E-state index in [4.69, 9.17) is 0 Å². The summed E-state index contributed by atoms with van der Waals surface area (Å²) in [5, 5.41) is 9.24. The van der Waals surface area contributed by atoms with Gasteiger partial charge in [-0.2, -0.15) is 0 Å². The molecule has 1 N–H and O–H groups in total. The number of likely N-dealkylation sites (tertiary alicyclic amines) is 1. The first-order chi connectivity index (χ1) is 8.39. The molecule has 0 amide bonds. The topological polar surface area (TPSA) is 23.5 Å². The van der Waals surface area contributed by atoms with Crippen LogP contribution < -0.4 is 0 Å². The van der Waals surface area contributed by atoms with Gasteiger partial charge in [0.1, 0.15) is 0 Å². The zero-order valence-electron chi connectivity index (χ0n) is 12.9. The van der Waals surface area contributed by atoms with Crippen LogP contribution in [0.15, 0.2) is 0 Å². The standard InChI is InChI=1S/C16H33NO/c1-14(18)8-5-6-11-17-12-7-9-15(10-13-17)16(2,3)4/h14-15,18H,5-13H2,1-4H3. The lowest BCUT2D eigenvalue weighted by Gasteiger charge is -2.29. The molecular formula is C16H33NO. The van der Waals surface area contributed by atoms with Crippen LogP contribution in [0.1, 0.15) is 66.2 Å². The molecule has 1 fully saturated rings. The molecule has 2 atom stereocenters. The van der Waals surface area contributed by atoms with Gasteiger partial charge in [0.05, 0.1) is 6.10 Å². The molecule has 18 heavy (non-hydrogen) atoms. The molecule has 2 heteroatoms. The average Bonchev–Trinajstić information content (AvgIpc) is 2.48. The number of rotatable bonds is 5. The van der Waals surface area contributed by atoms with Crippen molar-refractivity contribution in [1.29, 1.82) is 0 Å². The largest absolute Gasteiger partial charge is 0.393 e. The summed E-state index contributed by atoms with van der Waals surface area (Å²) in [6.07, 6.45) is 7.35. The van der Waals surface area contributed by atoms with E-state index >= 15 is 0 Å². The molecule has 0 aromatic heterocycles. The molecule has 1 heterocycles. The first kappa shape index (κ1) is 16.0. The smallest absolute Gasteiger partial charge is 0.0512 e. The summed E-state index contributed by atoms with van der Waals surface area (Å²) in [6, 6.07) is 0. The number of nitrogens with zero attached hydrogens (tertiary/aromatic N) is 1. The Bertz CT molecular complexity index is 220. The zero-order valence-corrected chi connectivity index (χ0v) is 12.9. The Morgan fingerprint density at radius 3 is 2.50 bits per heavy atom. The van der Waals surface area contributed by atoms with E-state index in [2.05, 4.69) is 25.7 Å². The summed E-state index contributed by atoms with van der Waals surface area (Å²) in [5.74, 6) is 0.889. The van der Waals surface area contributed by atoms with Crippen molar-refractivity contribution >= 4 is 0 Å². The second kappa shape index (κ2) is 7.49. The summed E-state index contributed by atoms with van der Waals surface area (Å²) in [5.41, 5.74) is 0.475. The number of hydrogen-bond acceptors (Lipinski definition) is 2. The third-order valence-electron chi connectivity index (χ3n) is 4.39. The minimum absolute atomic E-state index is 0.126. The predicted octanol–water partition coefficient (Wildman–Crippen LogP) is 3.69. The van der Waals surface area contributed by atoms with Gasteiger partial charge in [0.25, 0.3) is 0 Å². The lowest BCUT2D eigenvalue weighted by Crippen LogP contribution is -2.27. The van der Waals surface area contributed by atoms with E-state index in [0.29, 0.717) is 5.41 Å². The summed E-state index contributed by atoms with van der Waals surface area (Å²) in [7, 11) is 0. The van der Waals surface area contributed by atoms with Crippen LogP contribution in [0.4, 0.5) is 0 Å². The highest BCUT2D eigenvalue weighted by atomic mass is 16.3. The zero-order chi connectivity index (χ0) is 13.6. The predicted molar refractivity (Wildman–Crippen MR) is 78.8 cm³/mol. The molecule has 0 aromatic rings. The van der Waals surface area contributed by atoms with Gasteiger partial charge in [-0.05, 0) is 76.4 Å². The first-order valence-corrected chi connectivity index (χ1v) is 7.80. The highest BCUT2D eigenvalue weighted by Gasteiger charge is 2.26. The van der Waals surface area contributed by atoms with Gasteiger partial charge in [-0.3, -0.25) is 0 Å². The highest BCUT2D eigenvalue weighted by molar-refractivity contribution is 4.78. The van der Waals surface area contributed by atoms with Crippen molar-refractivity contribution in [3.8, 4) is 0 Å². The molecule has 108 valence electrons. The Balaban J connectivity index is 2.21. The molecule has 0 saturated carbocycles. The molecule has 2 unspecified atom stereocenters. The number of hydrogen-bond donors (Lipinski definition) is 1. The lowest BCUT2D eigenvalue weighted by molar-refractivity contribution is 0.176. The van der Waals surface area contributed by atoms with Crippen molar-refractivity contribution in [2.45, 2.75) is 72.3 Å². The van der Waals surface area contributed by atoms with E-state index in [1.807, 2.05) is 6.92 Å². The highest BCUT2D eigenvalue weighted by Crippen LogP contribution is 2.34. The van der Waals surface area contributed by atoms with E-state index in [1.54, 1.807) is 0 Å². The SMILES string of the molecule is CC(O)CCCCN1CCCC(C(C)(C)C)CC1. The minimum atomic E-state index is -0.126. The number of aliphatic hydroxyl groups is 1. The summed E-state index contributed by atoms with van der Waals surface area (Å²) >= 11 is 0. The Labute approximate surface area is 114 Å². The molecule has 0 bridgehead atoms. The molecule has 2 nitrogen and oxygen atoms in total. The average molecular weight is 255 g/mol. The van der Waals surface area contributed by atoms with Crippen LogP contribution in [-0.4, -0.2) is 35.7 Å². The Morgan fingerprint density at radius 2 is 1.89 bits per heavy atom. The normalized spacial score (nSPS) is 24.8. The maximum absolute atomic E-state index is 9.24. The Morgan fingerprint density at radius 1 is 1.17 bits per heavy atom. The third-order valence-corrected chi connectivity index (χ3v) is 4.39. The summed E-state index contributed by atoms with van der Waals surface area (Å²) in [4.78, 5) is 2.63. The van der Waals surface area contributed by atoms with Gasteiger partial charge in [-0.25, -0.2) is 0 Å². The summed E-state index contributed by atoms with van der Waals surface area (Å²) in [6.45, 7) is 12.8. The fraction of sp³-hybridized carbons (Fsp3) is 1.00. The van der Waals surface area contributed by atoms with Crippen LogP contribution in [0.2, 0.25) is 0 Å². The van der Waals surface area contributed by atoms with E-state index in [1.165, 1.54) is 45.3 Å². The van der Waals surface area contributed by atoms with Gasteiger partial charge >= 0.3 is 0 Å². The van der Waals surface area contributed by atoms with E-state index in [0.717, 1.165) is 18.8 Å². The molecule has 1 saturated heterocycles. The van der Waals surface area contributed by atoms with Crippen LogP contribution >= 0.6 is 0 Å². The second-order valence-electron chi connectivity index (χ2n) is 7.18.